The van der Waals surface area contributed by atoms with Gasteiger partial charge in [0, 0.05) is 0 Å². The van der Waals surface area contributed by atoms with Gasteiger partial charge in [0.2, 0.25) is 5.89 Å². The topological polar surface area (TPSA) is 72.6 Å². The van der Waals surface area contributed by atoms with Crippen molar-refractivity contribution in [2.24, 2.45) is 0 Å². The van der Waals surface area contributed by atoms with Crippen molar-refractivity contribution in [3.63, 3.8) is 0 Å². The normalized spacial score (nSPS) is 10.9. The second-order valence-electron chi connectivity index (χ2n) is 4.97. The highest BCUT2D eigenvalue weighted by atomic mass is 19.1. The molecule has 0 amide bonds. The largest absolute Gasteiger partial charge is 0.491 e. The second-order valence-corrected chi connectivity index (χ2v) is 4.97. The van der Waals surface area contributed by atoms with Crippen molar-refractivity contribution in [3.05, 3.63) is 47.8 Å². The Bertz CT molecular complexity index is 872. The zero-order valence-electron chi connectivity index (χ0n) is 12.4. The SMILES string of the molecule is CCCOc1cccc(-c2nc3ccc(C(=O)O)cc3o2)c1F. The lowest BCUT2D eigenvalue weighted by atomic mass is 10.2. The molecule has 3 aromatic rings. The lowest BCUT2D eigenvalue weighted by Gasteiger charge is -2.07. The molecule has 0 atom stereocenters. The number of ether oxygens (including phenoxy) is 1. The summed E-state index contributed by atoms with van der Waals surface area (Å²) in [4.78, 5) is 15.2. The molecule has 0 spiro atoms. The summed E-state index contributed by atoms with van der Waals surface area (Å²) in [7, 11) is 0. The van der Waals surface area contributed by atoms with E-state index in [1.807, 2.05) is 6.92 Å². The van der Waals surface area contributed by atoms with Crippen molar-refractivity contribution in [1.82, 2.24) is 4.98 Å². The predicted octanol–water partition coefficient (Wildman–Crippen LogP) is 4.12. The third-order valence-electron chi connectivity index (χ3n) is 3.29. The molecule has 1 heterocycles. The number of hydrogen-bond donors (Lipinski definition) is 1. The van der Waals surface area contributed by atoms with E-state index in [1.165, 1.54) is 24.3 Å². The van der Waals surface area contributed by atoms with Gasteiger partial charge in [0.25, 0.3) is 0 Å². The summed E-state index contributed by atoms with van der Waals surface area (Å²) in [5.41, 5.74) is 1.01. The van der Waals surface area contributed by atoms with Crippen LogP contribution in [0.25, 0.3) is 22.6 Å². The molecule has 0 saturated carbocycles. The molecule has 118 valence electrons. The van der Waals surface area contributed by atoms with Gasteiger partial charge in [-0.3, -0.25) is 0 Å². The number of halogens is 1. The quantitative estimate of drug-likeness (QED) is 0.766. The van der Waals surface area contributed by atoms with E-state index in [2.05, 4.69) is 4.98 Å². The summed E-state index contributed by atoms with van der Waals surface area (Å²) >= 11 is 0. The number of nitrogens with zero attached hydrogens (tertiary/aromatic N) is 1. The van der Waals surface area contributed by atoms with Crippen molar-refractivity contribution < 1.29 is 23.4 Å². The number of fused-ring (bicyclic) bond motifs is 1. The van der Waals surface area contributed by atoms with Crippen LogP contribution in [0.4, 0.5) is 4.39 Å². The lowest BCUT2D eigenvalue weighted by molar-refractivity contribution is 0.0697. The minimum atomic E-state index is -1.06. The standard InChI is InChI=1S/C17H14FNO4/c1-2-8-22-13-5-3-4-11(15(13)18)16-19-12-7-6-10(17(20)21)9-14(12)23-16/h3-7,9H,2,8H2,1H3,(H,20,21). The maximum atomic E-state index is 14.5. The third-order valence-corrected chi connectivity index (χ3v) is 3.29. The monoisotopic (exact) mass is 315 g/mol. The summed E-state index contributed by atoms with van der Waals surface area (Å²) in [6, 6.07) is 9.05. The maximum Gasteiger partial charge on any atom is 0.335 e. The van der Waals surface area contributed by atoms with Crippen LogP contribution in [0.5, 0.6) is 5.75 Å². The van der Waals surface area contributed by atoms with Crippen LogP contribution in [0.1, 0.15) is 23.7 Å². The number of carbonyl (C=O) groups is 1. The Kier molecular flexibility index (Phi) is 3.97. The lowest BCUT2D eigenvalue weighted by Crippen LogP contribution is -1.98. The second kappa shape index (κ2) is 6.08. The van der Waals surface area contributed by atoms with Crippen molar-refractivity contribution in [2.75, 3.05) is 6.61 Å². The fourth-order valence-electron chi connectivity index (χ4n) is 2.17. The summed E-state index contributed by atoms with van der Waals surface area (Å²) in [5, 5.41) is 8.99. The highest BCUT2D eigenvalue weighted by Gasteiger charge is 2.17. The molecule has 0 aliphatic carbocycles. The van der Waals surface area contributed by atoms with Crippen molar-refractivity contribution >= 4 is 17.1 Å². The predicted molar refractivity (Wildman–Crippen MR) is 82.1 cm³/mol. The molecule has 0 bridgehead atoms. The van der Waals surface area contributed by atoms with Crippen LogP contribution in [-0.4, -0.2) is 22.7 Å². The number of rotatable bonds is 5. The van der Waals surface area contributed by atoms with Crippen molar-refractivity contribution in [2.45, 2.75) is 13.3 Å². The molecule has 6 heteroatoms. The van der Waals surface area contributed by atoms with Gasteiger partial charge in [-0.2, -0.15) is 0 Å². The molecule has 0 unspecified atom stereocenters. The number of carboxylic acids is 1. The van der Waals surface area contributed by atoms with E-state index in [0.717, 1.165) is 6.42 Å². The van der Waals surface area contributed by atoms with Gasteiger partial charge >= 0.3 is 5.97 Å². The molecule has 2 aromatic carbocycles. The van der Waals surface area contributed by atoms with Gasteiger partial charge in [0.15, 0.2) is 17.1 Å². The van der Waals surface area contributed by atoms with Crippen LogP contribution in [0.15, 0.2) is 40.8 Å². The van der Waals surface area contributed by atoms with E-state index in [9.17, 15) is 9.18 Å². The number of benzene rings is 2. The molecule has 23 heavy (non-hydrogen) atoms. The fourth-order valence-corrected chi connectivity index (χ4v) is 2.17. The smallest absolute Gasteiger partial charge is 0.335 e. The van der Waals surface area contributed by atoms with E-state index in [4.69, 9.17) is 14.3 Å². The van der Waals surface area contributed by atoms with Gasteiger partial charge in [-0.1, -0.05) is 13.0 Å². The molecule has 5 nitrogen and oxygen atoms in total. The minimum Gasteiger partial charge on any atom is -0.491 e. The number of hydrogen-bond acceptors (Lipinski definition) is 4. The molecule has 0 saturated heterocycles. The summed E-state index contributed by atoms with van der Waals surface area (Å²) in [5.74, 6) is -1.39. The molecule has 0 fully saturated rings. The highest BCUT2D eigenvalue weighted by molar-refractivity contribution is 5.92. The first-order valence-corrected chi connectivity index (χ1v) is 7.15. The molecular formula is C17H14FNO4. The van der Waals surface area contributed by atoms with E-state index in [-0.39, 0.29) is 22.8 Å². The summed E-state index contributed by atoms with van der Waals surface area (Å²) in [6.07, 6.45) is 0.768. The van der Waals surface area contributed by atoms with Crippen molar-refractivity contribution in [1.29, 1.82) is 0 Å². The van der Waals surface area contributed by atoms with Gasteiger partial charge in [0.05, 0.1) is 17.7 Å². The van der Waals surface area contributed by atoms with E-state index >= 15 is 0 Å². The van der Waals surface area contributed by atoms with Gasteiger partial charge in [0.1, 0.15) is 5.52 Å². The van der Waals surface area contributed by atoms with Gasteiger partial charge < -0.3 is 14.3 Å². The van der Waals surface area contributed by atoms with Crippen LogP contribution >= 0.6 is 0 Å². The van der Waals surface area contributed by atoms with E-state index in [1.54, 1.807) is 12.1 Å². The molecular weight excluding hydrogens is 301 g/mol. The minimum absolute atomic E-state index is 0.0840. The van der Waals surface area contributed by atoms with Crippen molar-refractivity contribution in [3.8, 4) is 17.2 Å². The molecule has 3 rings (SSSR count). The Morgan fingerprint density at radius 2 is 2.17 bits per heavy atom. The Balaban J connectivity index is 2.04. The van der Waals surface area contributed by atoms with Crippen LogP contribution in [0, 0.1) is 5.82 Å². The van der Waals surface area contributed by atoms with Gasteiger partial charge in [-0.25, -0.2) is 14.2 Å². The number of aromatic nitrogens is 1. The van der Waals surface area contributed by atoms with E-state index < -0.39 is 11.8 Å². The molecule has 0 aliphatic heterocycles. The third kappa shape index (κ3) is 2.88. The Hall–Kier alpha value is -2.89. The summed E-state index contributed by atoms with van der Waals surface area (Å²) < 4.78 is 25.4. The highest BCUT2D eigenvalue weighted by Crippen LogP contribution is 2.31. The number of carboxylic acid groups (broad SMARTS) is 1. The van der Waals surface area contributed by atoms with Crippen LogP contribution in [0.3, 0.4) is 0 Å². The first-order valence-electron chi connectivity index (χ1n) is 7.15. The fraction of sp³-hybridized carbons (Fsp3) is 0.176. The van der Waals surface area contributed by atoms with Crippen LogP contribution < -0.4 is 4.74 Å². The first kappa shape index (κ1) is 15.0. The molecule has 1 aromatic heterocycles. The van der Waals surface area contributed by atoms with Gasteiger partial charge in [-0.15, -0.1) is 0 Å². The van der Waals surface area contributed by atoms with E-state index in [0.29, 0.717) is 17.7 Å². The first-order chi connectivity index (χ1) is 11.1. The average Bonchev–Trinajstić information content (AvgIpc) is 2.96. The maximum absolute atomic E-state index is 14.5. The Labute approximate surface area is 131 Å². The van der Waals surface area contributed by atoms with Crippen LogP contribution in [-0.2, 0) is 0 Å². The molecule has 0 radical (unpaired) electrons. The molecule has 0 aliphatic rings. The number of aromatic carboxylic acids is 1. The van der Waals surface area contributed by atoms with Crippen LogP contribution in [0.2, 0.25) is 0 Å². The van der Waals surface area contributed by atoms with Gasteiger partial charge in [-0.05, 0) is 36.8 Å². The number of oxazole rings is 1. The average molecular weight is 315 g/mol. The molecule has 1 N–H and O–H groups in total. The Morgan fingerprint density at radius 1 is 1.35 bits per heavy atom. The zero-order chi connectivity index (χ0) is 16.4. The Morgan fingerprint density at radius 3 is 2.91 bits per heavy atom. The zero-order valence-corrected chi connectivity index (χ0v) is 12.4. The summed E-state index contributed by atoms with van der Waals surface area (Å²) in [6.45, 7) is 2.35.